The van der Waals surface area contributed by atoms with Gasteiger partial charge in [-0.15, -0.1) is 0 Å². The van der Waals surface area contributed by atoms with E-state index in [1.165, 1.54) is 6.07 Å². The number of aromatic nitrogens is 2. The molecular formula is C20H24N6O3. The summed E-state index contributed by atoms with van der Waals surface area (Å²) in [6.45, 7) is 1.71. The normalized spacial score (nSPS) is 15.0. The van der Waals surface area contributed by atoms with Crippen molar-refractivity contribution in [2.75, 3.05) is 20.2 Å². The Hall–Kier alpha value is -3.46. The van der Waals surface area contributed by atoms with Crippen molar-refractivity contribution in [3.05, 3.63) is 64.0 Å². The van der Waals surface area contributed by atoms with Crippen LogP contribution < -0.4 is 26.7 Å². The van der Waals surface area contributed by atoms with E-state index in [0.29, 0.717) is 17.0 Å². The van der Waals surface area contributed by atoms with Crippen molar-refractivity contribution >= 4 is 17.3 Å². The van der Waals surface area contributed by atoms with Crippen molar-refractivity contribution < 1.29 is 9.53 Å². The fourth-order valence-electron chi connectivity index (χ4n) is 3.20. The number of aromatic amines is 1. The molecule has 0 bridgehead atoms. The van der Waals surface area contributed by atoms with Gasteiger partial charge in [-0.2, -0.15) is 0 Å². The van der Waals surface area contributed by atoms with Gasteiger partial charge in [0.25, 0.3) is 11.5 Å². The monoisotopic (exact) mass is 396 g/mol. The minimum atomic E-state index is -0.626. The summed E-state index contributed by atoms with van der Waals surface area (Å²) >= 11 is 0. The number of amides is 1. The quantitative estimate of drug-likeness (QED) is 0.285. The second kappa shape index (κ2) is 9.16. The van der Waals surface area contributed by atoms with Crippen LogP contribution >= 0.6 is 0 Å². The molecule has 0 radical (unpaired) electrons. The lowest BCUT2D eigenvalue weighted by Crippen LogP contribution is -2.33. The van der Waals surface area contributed by atoms with Crippen LogP contribution in [0, 0.1) is 5.41 Å². The standard InChI is InChI=1S/C20H24N6O3/c1-29-14-4-2-13(3-5-14)18(22)26-20(28)15(11-21)19-24-16(10-17(27)25-19)12-6-8-23-9-7-12/h2-5,10-12,23H,6-9,21H2,1H3,(H2,22,26,28)(H,24,25,27). The smallest absolute Gasteiger partial charge is 0.262 e. The highest BCUT2D eigenvalue weighted by molar-refractivity contribution is 6.24. The molecule has 0 aliphatic carbocycles. The summed E-state index contributed by atoms with van der Waals surface area (Å²) in [5.41, 5.74) is 6.45. The van der Waals surface area contributed by atoms with Crippen LogP contribution in [0.25, 0.3) is 5.57 Å². The molecule has 0 saturated carbocycles. The summed E-state index contributed by atoms with van der Waals surface area (Å²) in [7, 11) is 1.55. The molecule has 0 atom stereocenters. The van der Waals surface area contributed by atoms with Crippen molar-refractivity contribution in [2.45, 2.75) is 18.8 Å². The number of amidine groups is 1. The Labute approximate surface area is 167 Å². The Morgan fingerprint density at radius 1 is 1.31 bits per heavy atom. The van der Waals surface area contributed by atoms with E-state index in [2.05, 4.69) is 20.6 Å². The molecular weight excluding hydrogens is 372 g/mol. The second-order valence-electron chi connectivity index (χ2n) is 6.68. The van der Waals surface area contributed by atoms with Crippen LogP contribution in [0.15, 0.2) is 41.3 Å². The van der Waals surface area contributed by atoms with Gasteiger partial charge in [-0.1, -0.05) is 0 Å². The lowest BCUT2D eigenvalue weighted by Gasteiger charge is -2.22. The summed E-state index contributed by atoms with van der Waals surface area (Å²) in [5.74, 6) is 0.158. The van der Waals surface area contributed by atoms with Crippen LogP contribution in [0.1, 0.15) is 35.8 Å². The SMILES string of the molecule is COc1ccc(C(=N)NC(=O)C(=CN)c2nc(C3CCNCC3)cc(=O)[nH]2)cc1. The zero-order valence-corrected chi connectivity index (χ0v) is 16.1. The molecule has 29 heavy (non-hydrogen) atoms. The second-order valence-corrected chi connectivity index (χ2v) is 6.68. The molecule has 1 amide bonds. The van der Waals surface area contributed by atoms with Crippen LogP contribution in [0.5, 0.6) is 5.75 Å². The average Bonchev–Trinajstić information content (AvgIpc) is 2.74. The lowest BCUT2D eigenvalue weighted by molar-refractivity contribution is -0.114. The highest BCUT2D eigenvalue weighted by atomic mass is 16.5. The van der Waals surface area contributed by atoms with Crippen LogP contribution in [-0.4, -0.2) is 41.9 Å². The number of piperidine rings is 1. The average molecular weight is 396 g/mol. The van der Waals surface area contributed by atoms with Crippen molar-refractivity contribution in [2.24, 2.45) is 5.73 Å². The van der Waals surface area contributed by atoms with Crippen molar-refractivity contribution in [3.8, 4) is 5.75 Å². The molecule has 1 saturated heterocycles. The van der Waals surface area contributed by atoms with Gasteiger partial charge in [0.15, 0.2) is 0 Å². The minimum absolute atomic E-state index is 0.00357. The maximum absolute atomic E-state index is 12.7. The highest BCUT2D eigenvalue weighted by Crippen LogP contribution is 2.23. The van der Waals surface area contributed by atoms with Crippen molar-refractivity contribution in [1.82, 2.24) is 20.6 Å². The van der Waals surface area contributed by atoms with Crippen molar-refractivity contribution in [3.63, 3.8) is 0 Å². The summed E-state index contributed by atoms with van der Waals surface area (Å²) in [6.07, 6.45) is 2.82. The molecule has 1 aliphatic rings. The Bertz CT molecular complexity index is 974. The molecule has 9 nitrogen and oxygen atoms in total. The molecule has 152 valence electrons. The third-order valence-electron chi connectivity index (χ3n) is 4.80. The van der Waals surface area contributed by atoms with Crippen LogP contribution in [0.2, 0.25) is 0 Å². The maximum atomic E-state index is 12.7. The van der Waals surface area contributed by atoms with Gasteiger partial charge < -0.3 is 26.1 Å². The molecule has 6 N–H and O–H groups in total. The Morgan fingerprint density at radius 2 is 2.00 bits per heavy atom. The molecule has 1 aromatic heterocycles. The number of ether oxygens (including phenoxy) is 1. The first kappa shape index (κ1) is 20.3. The van der Waals surface area contributed by atoms with E-state index in [9.17, 15) is 9.59 Å². The molecule has 0 unspecified atom stereocenters. The molecule has 1 aliphatic heterocycles. The number of hydrogen-bond donors (Lipinski definition) is 5. The third-order valence-corrected chi connectivity index (χ3v) is 4.80. The topological polar surface area (TPSA) is 146 Å². The van der Waals surface area contributed by atoms with Crippen LogP contribution in [0.4, 0.5) is 0 Å². The maximum Gasteiger partial charge on any atom is 0.262 e. The number of nitrogens with zero attached hydrogens (tertiary/aromatic N) is 1. The van der Waals surface area contributed by atoms with E-state index < -0.39 is 5.91 Å². The lowest BCUT2D eigenvalue weighted by atomic mass is 9.94. The molecule has 1 aromatic carbocycles. The Kier molecular flexibility index (Phi) is 6.40. The Balaban J connectivity index is 1.79. The minimum Gasteiger partial charge on any atom is -0.497 e. The Morgan fingerprint density at radius 3 is 2.62 bits per heavy atom. The van der Waals surface area contributed by atoms with Gasteiger partial charge in [0.1, 0.15) is 17.4 Å². The highest BCUT2D eigenvalue weighted by Gasteiger charge is 2.21. The van der Waals surface area contributed by atoms with Gasteiger partial charge in [0.05, 0.1) is 18.4 Å². The number of rotatable bonds is 5. The summed E-state index contributed by atoms with van der Waals surface area (Å²) in [6, 6.07) is 8.16. The number of benzene rings is 1. The van der Waals surface area contributed by atoms with Crippen LogP contribution in [0.3, 0.4) is 0 Å². The summed E-state index contributed by atoms with van der Waals surface area (Å²) in [4.78, 5) is 31.9. The van der Waals surface area contributed by atoms with Gasteiger partial charge in [-0.3, -0.25) is 15.0 Å². The van der Waals surface area contributed by atoms with Gasteiger partial charge in [0.2, 0.25) is 0 Å². The van der Waals surface area contributed by atoms with Crippen molar-refractivity contribution in [1.29, 1.82) is 5.41 Å². The fraction of sp³-hybridized carbons (Fsp3) is 0.300. The van der Waals surface area contributed by atoms with E-state index in [0.717, 1.165) is 32.1 Å². The van der Waals surface area contributed by atoms with Gasteiger partial charge >= 0.3 is 0 Å². The number of H-pyrrole nitrogens is 1. The van der Waals surface area contributed by atoms with E-state index in [4.69, 9.17) is 15.9 Å². The molecule has 3 rings (SSSR count). The van der Waals surface area contributed by atoms with E-state index in [1.807, 2.05) is 0 Å². The first-order valence-electron chi connectivity index (χ1n) is 9.30. The van der Waals surface area contributed by atoms with Crippen LogP contribution in [-0.2, 0) is 4.79 Å². The summed E-state index contributed by atoms with van der Waals surface area (Å²) < 4.78 is 5.09. The molecule has 9 heteroatoms. The number of nitrogens with two attached hydrogens (primary N) is 1. The van der Waals surface area contributed by atoms with Gasteiger partial charge in [-0.25, -0.2) is 4.98 Å². The number of hydrogen-bond acceptors (Lipinski definition) is 7. The van der Waals surface area contributed by atoms with E-state index >= 15 is 0 Å². The van der Waals surface area contributed by atoms with Gasteiger partial charge in [0, 0.05) is 23.7 Å². The fourth-order valence-corrected chi connectivity index (χ4v) is 3.20. The number of carbonyl (C=O) groups is 1. The zero-order chi connectivity index (χ0) is 20.8. The number of carbonyl (C=O) groups excluding carboxylic acids is 1. The number of nitrogens with one attached hydrogen (secondary N) is 4. The molecule has 0 spiro atoms. The first-order valence-corrected chi connectivity index (χ1v) is 9.30. The largest absolute Gasteiger partial charge is 0.497 e. The predicted molar refractivity (Wildman–Crippen MR) is 110 cm³/mol. The summed E-state index contributed by atoms with van der Waals surface area (Å²) in [5, 5.41) is 13.9. The molecule has 1 fully saturated rings. The third kappa shape index (κ3) is 4.88. The predicted octanol–water partition coefficient (Wildman–Crippen LogP) is 0.687. The first-order chi connectivity index (χ1) is 14.0. The number of methoxy groups -OCH3 is 1. The van der Waals surface area contributed by atoms with E-state index in [1.54, 1.807) is 31.4 Å². The molecule has 2 aromatic rings. The van der Waals surface area contributed by atoms with E-state index in [-0.39, 0.29) is 28.7 Å². The van der Waals surface area contributed by atoms with Gasteiger partial charge in [-0.05, 0) is 50.2 Å². The zero-order valence-electron chi connectivity index (χ0n) is 16.1. The molecule has 2 heterocycles.